The zero-order valence-corrected chi connectivity index (χ0v) is 12.6. The average molecular weight is 262 g/mol. The molecular formula is C16H26N2O. The minimum Gasteiger partial charge on any atom is -0.387 e. The average Bonchev–Trinajstić information content (AvgIpc) is 2.38. The molecule has 2 heterocycles. The third-order valence-corrected chi connectivity index (χ3v) is 4.28. The minimum absolute atomic E-state index is 0.417. The predicted octanol–water partition coefficient (Wildman–Crippen LogP) is 3.40. The van der Waals surface area contributed by atoms with Crippen molar-refractivity contribution >= 4 is 5.69 Å². The number of anilines is 1. The summed E-state index contributed by atoms with van der Waals surface area (Å²) < 4.78 is 0. The molecule has 1 atom stereocenters. The number of piperidine rings is 1. The van der Waals surface area contributed by atoms with E-state index in [0.717, 1.165) is 24.7 Å². The molecule has 1 saturated heterocycles. The van der Waals surface area contributed by atoms with Gasteiger partial charge in [-0.3, -0.25) is 4.98 Å². The van der Waals surface area contributed by atoms with Crippen LogP contribution in [0.15, 0.2) is 18.3 Å². The second-order valence-electron chi connectivity index (χ2n) is 6.74. The summed E-state index contributed by atoms with van der Waals surface area (Å²) in [5.41, 5.74) is 2.34. The zero-order chi connectivity index (χ0) is 14.0. The molecule has 0 aliphatic carbocycles. The monoisotopic (exact) mass is 262 g/mol. The highest BCUT2D eigenvalue weighted by molar-refractivity contribution is 5.45. The summed E-state index contributed by atoms with van der Waals surface area (Å²) >= 11 is 0. The maximum absolute atomic E-state index is 9.47. The van der Waals surface area contributed by atoms with E-state index in [0.29, 0.717) is 5.41 Å². The van der Waals surface area contributed by atoms with Gasteiger partial charge in [-0.25, -0.2) is 0 Å². The van der Waals surface area contributed by atoms with Crippen molar-refractivity contribution in [1.82, 2.24) is 4.98 Å². The van der Waals surface area contributed by atoms with E-state index in [2.05, 4.69) is 36.7 Å². The van der Waals surface area contributed by atoms with Crippen molar-refractivity contribution < 1.29 is 5.11 Å². The van der Waals surface area contributed by atoms with Gasteiger partial charge in [-0.1, -0.05) is 20.8 Å². The number of aliphatic hydroxyl groups is 1. The Labute approximate surface area is 116 Å². The number of hydrogen-bond donors (Lipinski definition) is 1. The van der Waals surface area contributed by atoms with Crippen LogP contribution in [0.1, 0.15) is 52.3 Å². The first-order valence-corrected chi connectivity index (χ1v) is 7.27. The summed E-state index contributed by atoms with van der Waals surface area (Å²) in [6, 6.07) is 4.00. The molecule has 1 aliphatic heterocycles. The fourth-order valence-corrected chi connectivity index (χ4v) is 2.84. The molecule has 0 spiro atoms. The Bertz CT molecular complexity index is 398. The lowest BCUT2D eigenvalue weighted by Gasteiger charge is -2.39. The van der Waals surface area contributed by atoms with Gasteiger partial charge in [-0.2, -0.15) is 0 Å². The topological polar surface area (TPSA) is 36.4 Å². The number of pyridine rings is 1. The van der Waals surface area contributed by atoms with Crippen molar-refractivity contribution in [2.75, 3.05) is 18.0 Å². The van der Waals surface area contributed by atoms with E-state index in [9.17, 15) is 5.11 Å². The van der Waals surface area contributed by atoms with Crippen LogP contribution in [0.2, 0.25) is 0 Å². The molecule has 1 aromatic rings. The van der Waals surface area contributed by atoms with Gasteiger partial charge in [0.25, 0.3) is 0 Å². The summed E-state index contributed by atoms with van der Waals surface area (Å²) in [6.07, 6.45) is 3.91. The predicted molar refractivity (Wildman–Crippen MR) is 79.3 cm³/mol. The Morgan fingerprint density at radius 2 is 1.89 bits per heavy atom. The van der Waals surface area contributed by atoms with Crippen LogP contribution in [-0.4, -0.2) is 23.2 Å². The molecule has 3 nitrogen and oxygen atoms in total. The number of rotatable bonds is 2. The van der Waals surface area contributed by atoms with Crippen LogP contribution in [0.3, 0.4) is 0 Å². The third kappa shape index (κ3) is 3.47. The van der Waals surface area contributed by atoms with Gasteiger partial charge in [0, 0.05) is 13.1 Å². The number of nitrogens with zero attached hydrogens (tertiary/aromatic N) is 2. The van der Waals surface area contributed by atoms with E-state index in [1.165, 1.54) is 18.5 Å². The Kier molecular flexibility index (Phi) is 4.14. The largest absolute Gasteiger partial charge is 0.387 e. The quantitative estimate of drug-likeness (QED) is 0.887. The molecule has 3 heteroatoms. The van der Waals surface area contributed by atoms with Crippen molar-refractivity contribution in [3.05, 3.63) is 24.0 Å². The van der Waals surface area contributed by atoms with Crippen LogP contribution in [0.5, 0.6) is 0 Å². The van der Waals surface area contributed by atoms with Crippen molar-refractivity contribution in [2.45, 2.75) is 46.6 Å². The molecule has 106 valence electrons. The first-order chi connectivity index (χ1) is 8.88. The van der Waals surface area contributed by atoms with Gasteiger partial charge in [0.05, 0.1) is 23.7 Å². The van der Waals surface area contributed by atoms with Crippen LogP contribution in [0, 0.1) is 11.3 Å². The molecule has 0 radical (unpaired) electrons. The molecule has 1 aromatic heterocycles. The Hall–Kier alpha value is -1.09. The highest BCUT2D eigenvalue weighted by Gasteiger charge is 2.28. The Morgan fingerprint density at radius 3 is 2.32 bits per heavy atom. The van der Waals surface area contributed by atoms with Crippen molar-refractivity contribution in [3.8, 4) is 0 Å². The Balaban J connectivity index is 1.98. The summed E-state index contributed by atoms with van der Waals surface area (Å²) in [5.74, 6) is 0.813. The van der Waals surface area contributed by atoms with E-state index in [1.54, 1.807) is 6.92 Å². The minimum atomic E-state index is -0.485. The molecule has 0 unspecified atom stereocenters. The van der Waals surface area contributed by atoms with Crippen LogP contribution < -0.4 is 4.90 Å². The number of aromatic nitrogens is 1. The lowest BCUT2D eigenvalue weighted by Crippen LogP contribution is -2.38. The van der Waals surface area contributed by atoms with E-state index in [4.69, 9.17) is 0 Å². The SMILES string of the molecule is C[C@H](O)c1ccc(N2CCC(C(C)(C)C)CC2)cn1. The molecule has 1 fully saturated rings. The second kappa shape index (κ2) is 5.49. The second-order valence-corrected chi connectivity index (χ2v) is 6.74. The lowest BCUT2D eigenvalue weighted by molar-refractivity contribution is 0.194. The molecule has 0 aromatic carbocycles. The molecule has 0 bridgehead atoms. The highest BCUT2D eigenvalue weighted by Crippen LogP contribution is 2.35. The molecule has 19 heavy (non-hydrogen) atoms. The molecule has 0 amide bonds. The normalized spacial score (nSPS) is 19.5. The third-order valence-electron chi connectivity index (χ3n) is 4.28. The van der Waals surface area contributed by atoms with Gasteiger partial charge < -0.3 is 10.0 Å². The first kappa shape index (κ1) is 14.3. The van der Waals surface area contributed by atoms with Crippen molar-refractivity contribution in [1.29, 1.82) is 0 Å². The smallest absolute Gasteiger partial charge is 0.0931 e. The summed E-state index contributed by atoms with van der Waals surface area (Å²) in [6.45, 7) is 11.0. The summed E-state index contributed by atoms with van der Waals surface area (Å²) in [7, 11) is 0. The van der Waals surface area contributed by atoms with Gasteiger partial charge >= 0.3 is 0 Å². The number of aliphatic hydroxyl groups excluding tert-OH is 1. The van der Waals surface area contributed by atoms with Gasteiger partial charge in [0.1, 0.15) is 0 Å². The lowest BCUT2D eigenvalue weighted by atomic mass is 9.75. The fraction of sp³-hybridized carbons (Fsp3) is 0.688. The molecule has 1 N–H and O–H groups in total. The van der Waals surface area contributed by atoms with Crippen molar-refractivity contribution in [3.63, 3.8) is 0 Å². The maximum Gasteiger partial charge on any atom is 0.0931 e. The maximum atomic E-state index is 9.47. The standard InChI is InChI=1S/C16H26N2O/c1-12(19)15-6-5-14(11-17-15)18-9-7-13(8-10-18)16(2,3)4/h5-6,11-13,19H,7-10H2,1-4H3/t12-/m0/s1. The van der Waals surface area contributed by atoms with Crippen LogP contribution in [0.25, 0.3) is 0 Å². The summed E-state index contributed by atoms with van der Waals surface area (Å²) in [4.78, 5) is 6.73. The van der Waals surface area contributed by atoms with Crippen molar-refractivity contribution in [2.24, 2.45) is 11.3 Å². The molecule has 0 saturated carbocycles. The van der Waals surface area contributed by atoms with Crippen LogP contribution in [0.4, 0.5) is 5.69 Å². The van der Waals surface area contributed by atoms with Gasteiger partial charge in [-0.15, -0.1) is 0 Å². The Morgan fingerprint density at radius 1 is 1.26 bits per heavy atom. The van der Waals surface area contributed by atoms with Gasteiger partial charge in [0.2, 0.25) is 0 Å². The van der Waals surface area contributed by atoms with Gasteiger partial charge in [0.15, 0.2) is 0 Å². The first-order valence-electron chi connectivity index (χ1n) is 7.27. The summed E-state index contributed by atoms with van der Waals surface area (Å²) in [5, 5.41) is 9.47. The van der Waals surface area contributed by atoms with Gasteiger partial charge in [-0.05, 0) is 43.2 Å². The van der Waals surface area contributed by atoms with Crippen LogP contribution in [-0.2, 0) is 0 Å². The molecule has 1 aliphatic rings. The fourth-order valence-electron chi connectivity index (χ4n) is 2.84. The zero-order valence-electron chi connectivity index (χ0n) is 12.6. The van der Waals surface area contributed by atoms with E-state index in [-0.39, 0.29) is 0 Å². The van der Waals surface area contributed by atoms with Crippen LogP contribution >= 0.6 is 0 Å². The molecule has 2 rings (SSSR count). The highest BCUT2D eigenvalue weighted by atomic mass is 16.3. The number of hydrogen-bond acceptors (Lipinski definition) is 3. The van der Waals surface area contributed by atoms with E-state index < -0.39 is 6.10 Å². The van der Waals surface area contributed by atoms with E-state index >= 15 is 0 Å². The molecular weight excluding hydrogens is 236 g/mol. The van der Waals surface area contributed by atoms with E-state index in [1.807, 2.05) is 12.3 Å².